The molecule has 0 bridgehead atoms. The molecular formula is C9H12O5. The maximum Gasteiger partial charge on any atom is 0.320 e. The van der Waals surface area contributed by atoms with E-state index in [4.69, 9.17) is 0 Å². The lowest BCUT2D eigenvalue weighted by Crippen LogP contribution is -2.25. The summed E-state index contributed by atoms with van der Waals surface area (Å²) in [6.07, 6.45) is 3.27. The van der Waals surface area contributed by atoms with Crippen molar-refractivity contribution in [1.29, 1.82) is 0 Å². The molecule has 0 fully saturated rings. The van der Waals surface area contributed by atoms with Gasteiger partial charge in [-0.1, -0.05) is 6.08 Å². The Morgan fingerprint density at radius 1 is 1.21 bits per heavy atom. The van der Waals surface area contributed by atoms with Crippen molar-refractivity contribution in [2.45, 2.75) is 6.42 Å². The average molecular weight is 200 g/mol. The first-order valence-electron chi connectivity index (χ1n) is 3.93. The Morgan fingerprint density at radius 2 is 1.71 bits per heavy atom. The van der Waals surface area contributed by atoms with Crippen molar-refractivity contribution in [2.75, 3.05) is 14.2 Å². The van der Waals surface area contributed by atoms with Gasteiger partial charge in [-0.15, -0.1) is 0 Å². The molecule has 0 rings (SSSR count). The lowest BCUT2D eigenvalue weighted by Gasteiger charge is -2.09. The summed E-state index contributed by atoms with van der Waals surface area (Å²) in [6, 6.07) is 0. The number of hydrogen-bond acceptors (Lipinski definition) is 5. The molecule has 0 aromatic carbocycles. The van der Waals surface area contributed by atoms with Crippen LogP contribution in [0.3, 0.4) is 0 Å². The number of carbonyl (C=O) groups excluding carboxylic acids is 3. The van der Waals surface area contributed by atoms with Gasteiger partial charge in [0.25, 0.3) is 0 Å². The van der Waals surface area contributed by atoms with Crippen LogP contribution in [0, 0.1) is 5.92 Å². The number of allylic oxidation sites excluding steroid dienone is 2. The zero-order valence-corrected chi connectivity index (χ0v) is 8.06. The summed E-state index contributed by atoms with van der Waals surface area (Å²) in [5.74, 6) is -2.35. The second-order valence-corrected chi connectivity index (χ2v) is 2.40. The van der Waals surface area contributed by atoms with E-state index in [-0.39, 0.29) is 6.42 Å². The van der Waals surface area contributed by atoms with Gasteiger partial charge in [-0.3, -0.25) is 14.4 Å². The fourth-order valence-electron chi connectivity index (χ4n) is 0.843. The molecule has 5 heteroatoms. The van der Waals surface area contributed by atoms with Gasteiger partial charge in [0.1, 0.15) is 6.29 Å². The zero-order chi connectivity index (χ0) is 11.0. The summed E-state index contributed by atoms with van der Waals surface area (Å²) in [5.41, 5.74) is 0. The van der Waals surface area contributed by atoms with Gasteiger partial charge in [-0.25, -0.2) is 0 Å². The van der Waals surface area contributed by atoms with Crippen molar-refractivity contribution < 1.29 is 23.9 Å². The van der Waals surface area contributed by atoms with Gasteiger partial charge in [0.2, 0.25) is 0 Å². The Morgan fingerprint density at radius 3 is 2.07 bits per heavy atom. The number of rotatable bonds is 5. The maximum absolute atomic E-state index is 11.1. The third-order valence-corrected chi connectivity index (χ3v) is 1.56. The van der Waals surface area contributed by atoms with E-state index in [1.165, 1.54) is 26.4 Å². The van der Waals surface area contributed by atoms with Crippen LogP contribution in [0.4, 0.5) is 0 Å². The van der Waals surface area contributed by atoms with Crippen LogP contribution in [-0.4, -0.2) is 32.4 Å². The molecule has 0 amide bonds. The van der Waals surface area contributed by atoms with Crippen LogP contribution in [0.15, 0.2) is 12.2 Å². The Kier molecular flexibility index (Phi) is 6.02. The van der Waals surface area contributed by atoms with E-state index in [1.54, 1.807) is 0 Å². The molecule has 5 nitrogen and oxygen atoms in total. The quantitative estimate of drug-likeness (QED) is 0.272. The van der Waals surface area contributed by atoms with Crippen molar-refractivity contribution >= 4 is 18.2 Å². The number of carbonyl (C=O) groups is 3. The minimum absolute atomic E-state index is 0.0953. The van der Waals surface area contributed by atoms with Gasteiger partial charge >= 0.3 is 11.9 Å². The molecule has 0 aliphatic rings. The van der Waals surface area contributed by atoms with Crippen LogP contribution >= 0.6 is 0 Å². The summed E-state index contributed by atoms with van der Waals surface area (Å²) >= 11 is 0. The fourth-order valence-corrected chi connectivity index (χ4v) is 0.843. The van der Waals surface area contributed by atoms with Crippen molar-refractivity contribution in [3.63, 3.8) is 0 Å². The second-order valence-electron chi connectivity index (χ2n) is 2.40. The largest absolute Gasteiger partial charge is 0.468 e. The van der Waals surface area contributed by atoms with Crippen molar-refractivity contribution in [3.05, 3.63) is 12.2 Å². The molecule has 0 saturated heterocycles. The predicted molar refractivity (Wildman–Crippen MR) is 47.3 cm³/mol. The maximum atomic E-state index is 11.1. The van der Waals surface area contributed by atoms with E-state index in [0.29, 0.717) is 6.29 Å². The summed E-state index contributed by atoms with van der Waals surface area (Å²) < 4.78 is 8.81. The van der Waals surface area contributed by atoms with Crippen LogP contribution in [0.2, 0.25) is 0 Å². The summed E-state index contributed by atoms with van der Waals surface area (Å²) in [5, 5.41) is 0. The fraction of sp³-hybridized carbons (Fsp3) is 0.444. The zero-order valence-electron chi connectivity index (χ0n) is 8.06. The smallest absolute Gasteiger partial charge is 0.320 e. The standard InChI is InChI=1S/C9H12O5/c1-13-8(11)7(9(12)14-2)5-3-4-6-10/h3-4,6-7H,5H2,1-2H3/b4-3-. The third kappa shape index (κ3) is 3.84. The van der Waals surface area contributed by atoms with E-state index in [1.807, 2.05) is 0 Å². The van der Waals surface area contributed by atoms with Crippen LogP contribution in [0.1, 0.15) is 6.42 Å². The second kappa shape index (κ2) is 6.82. The highest BCUT2D eigenvalue weighted by Gasteiger charge is 2.26. The molecule has 0 radical (unpaired) electrons. The van der Waals surface area contributed by atoms with Crippen molar-refractivity contribution in [2.24, 2.45) is 5.92 Å². The highest BCUT2D eigenvalue weighted by atomic mass is 16.5. The first-order valence-corrected chi connectivity index (χ1v) is 3.93. The first kappa shape index (κ1) is 12.3. The monoisotopic (exact) mass is 200 g/mol. The van der Waals surface area contributed by atoms with E-state index >= 15 is 0 Å². The van der Waals surface area contributed by atoms with E-state index in [0.717, 1.165) is 0 Å². The summed E-state index contributed by atoms with van der Waals surface area (Å²) in [4.78, 5) is 32.1. The van der Waals surface area contributed by atoms with Crippen LogP contribution in [0.25, 0.3) is 0 Å². The predicted octanol–water partition coefficient (Wildman–Crippen LogP) is 0.0938. The van der Waals surface area contributed by atoms with Gasteiger partial charge in [0.05, 0.1) is 14.2 Å². The Labute approximate surface area is 81.7 Å². The van der Waals surface area contributed by atoms with Gasteiger partial charge in [0.15, 0.2) is 5.92 Å². The molecule has 0 aliphatic carbocycles. The highest BCUT2D eigenvalue weighted by Crippen LogP contribution is 2.08. The van der Waals surface area contributed by atoms with Crippen LogP contribution < -0.4 is 0 Å². The molecule has 0 aromatic rings. The Bertz CT molecular complexity index is 228. The Hall–Kier alpha value is -1.65. The minimum atomic E-state index is -0.999. The summed E-state index contributed by atoms with van der Waals surface area (Å²) in [6.45, 7) is 0. The average Bonchev–Trinajstić information content (AvgIpc) is 2.22. The SMILES string of the molecule is COC(=O)C(C/C=C\C=O)C(=O)OC. The summed E-state index contributed by atoms with van der Waals surface area (Å²) in [7, 11) is 2.36. The molecule has 0 spiro atoms. The van der Waals surface area contributed by atoms with E-state index in [2.05, 4.69) is 9.47 Å². The molecule has 0 unspecified atom stereocenters. The van der Waals surface area contributed by atoms with Crippen molar-refractivity contribution in [3.8, 4) is 0 Å². The highest BCUT2D eigenvalue weighted by molar-refractivity contribution is 5.95. The number of hydrogen-bond donors (Lipinski definition) is 0. The molecule has 14 heavy (non-hydrogen) atoms. The molecule has 0 saturated carbocycles. The van der Waals surface area contributed by atoms with Gasteiger partial charge < -0.3 is 9.47 Å². The van der Waals surface area contributed by atoms with Gasteiger partial charge in [-0.05, 0) is 12.5 Å². The third-order valence-electron chi connectivity index (χ3n) is 1.56. The molecule has 78 valence electrons. The van der Waals surface area contributed by atoms with Gasteiger partial charge in [0, 0.05) is 0 Å². The number of ether oxygens (including phenoxy) is 2. The molecule has 0 heterocycles. The minimum Gasteiger partial charge on any atom is -0.468 e. The molecular weight excluding hydrogens is 188 g/mol. The molecule has 0 N–H and O–H groups in total. The number of esters is 2. The lowest BCUT2D eigenvalue weighted by atomic mass is 10.1. The Balaban J connectivity index is 4.39. The topological polar surface area (TPSA) is 69.7 Å². The molecule has 0 aliphatic heterocycles. The normalized spacial score (nSPS) is 10.2. The lowest BCUT2D eigenvalue weighted by molar-refractivity contribution is -0.158. The number of aldehydes is 1. The van der Waals surface area contributed by atoms with Crippen molar-refractivity contribution in [1.82, 2.24) is 0 Å². The van der Waals surface area contributed by atoms with Gasteiger partial charge in [-0.2, -0.15) is 0 Å². The molecule has 0 atom stereocenters. The first-order chi connectivity index (χ1) is 6.67. The number of methoxy groups -OCH3 is 2. The van der Waals surface area contributed by atoms with Crippen LogP contribution in [0.5, 0.6) is 0 Å². The van der Waals surface area contributed by atoms with Crippen LogP contribution in [-0.2, 0) is 23.9 Å². The van der Waals surface area contributed by atoms with E-state index < -0.39 is 17.9 Å². The van der Waals surface area contributed by atoms with E-state index in [9.17, 15) is 14.4 Å². The molecule has 0 aromatic heterocycles.